The van der Waals surface area contributed by atoms with E-state index in [1.165, 1.54) is 6.33 Å². The highest BCUT2D eigenvalue weighted by Crippen LogP contribution is 2.49. The zero-order valence-corrected chi connectivity index (χ0v) is 10.9. The lowest BCUT2D eigenvalue weighted by atomic mass is 9.66. The number of rotatable bonds is 3. The number of imidazole rings is 1. The van der Waals surface area contributed by atoms with Crippen molar-refractivity contribution in [2.24, 2.45) is 11.8 Å². The number of aromatic nitrogens is 4. The van der Waals surface area contributed by atoms with E-state index >= 15 is 0 Å². The van der Waals surface area contributed by atoms with E-state index in [1.54, 1.807) is 10.9 Å². The van der Waals surface area contributed by atoms with Crippen LogP contribution >= 0.6 is 0 Å². The summed E-state index contributed by atoms with van der Waals surface area (Å²) in [6.07, 6.45) is 3.53. The predicted octanol–water partition coefficient (Wildman–Crippen LogP) is 0.760. The van der Waals surface area contributed by atoms with Gasteiger partial charge in [0.2, 0.25) is 0 Å². The monoisotopic (exact) mass is 278 g/mol. The number of hydrogen-bond donors (Lipinski definition) is 2. The Bertz CT molecular complexity index is 669. The van der Waals surface area contributed by atoms with Gasteiger partial charge in [0.05, 0.1) is 31.0 Å². The fourth-order valence-corrected chi connectivity index (χ4v) is 2.97. The van der Waals surface area contributed by atoms with Crippen molar-refractivity contribution >= 4 is 11.2 Å². The summed E-state index contributed by atoms with van der Waals surface area (Å²) in [4.78, 5) is 12.5. The molecule has 6 nitrogen and oxygen atoms in total. The van der Waals surface area contributed by atoms with E-state index in [2.05, 4.69) is 15.0 Å². The van der Waals surface area contributed by atoms with Crippen LogP contribution in [0.4, 0.5) is 4.39 Å². The molecule has 1 aliphatic rings. The van der Waals surface area contributed by atoms with Gasteiger partial charge >= 0.3 is 0 Å². The van der Waals surface area contributed by atoms with Crippen LogP contribution in [0.15, 0.2) is 24.6 Å². The molecule has 20 heavy (non-hydrogen) atoms. The molecule has 2 heterocycles. The van der Waals surface area contributed by atoms with Crippen LogP contribution in [0.5, 0.6) is 0 Å². The fraction of sp³-hybridized carbons (Fsp3) is 0.462. The lowest BCUT2D eigenvalue weighted by molar-refractivity contribution is 0.0510. The van der Waals surface area contributed by atoms with Crippen LogP contribution in [-0.4, -0.2) is 42.9 Å². The first-order valence-electron chi connectivity index (χ1n) is 6.39. The average molecular weight is 278 g/mol. The van der Waals surface area contributed by atoms with Crippen LogP contribution < -0.4 is 0 Å². The van der Waals surface area contributed by atoms with E-state index in [9.17, 15) is 14.6 Å². The Morgan fingerprint density at radius 3 is 2.75 bits per heavy atom. The van der Waals surface area contributed by atoms with Crippen molar-refractivity contribution in [1.82, 2.24) is 19.5 Å². The Morgan fingerprint density at radius 1 is 1.30 bits per heavy atom. The Morgan fingerprint density at radius 2 is 2.10 bits per heavy atom. The van der Waals surface area contributed by atoms with Crippen LogP contribution in [0.3, 0.4) is 0 Å². The van der Waals surface area contributed by atoms with E-state index in [1.807, 2.05) is 6.92 Å². The second-order valence-electron chi connectivity index (χ2n) is 4.97. The van der Waals surface area contributed by atoms with Crippen molar-refractivity contribution in [3.8, 4) is 0 Å². The van der Waals surface area contributed by atoms with E-state index in [0.29, 0.717) is 23.1 Å². The van der Waals surface area contributed by atoms with E-state index in [4.69, 9.17) is 0 Å². The lowest BCUT2D eigenvalue weighted by Crippen LogP contribution is -2.45. The third kappa shape index (κ3) is 1.66. The van der Waals surface area contributed by atoms with Crippen molar-refractivity contribution in [3.05, 3.63) is 30.3 Å². The fourth-order valence-electron chi connectivity index (χ4n) is 2.97. The predicted molar refractivity (Wildman–Crippen MR) is 69.4 cm³/mol. The number of nitrogens with zero attached hydrogens (tertiary/aromatic N) is 4. The summed E-state index contributed by atoms with van der Waals surface area (Å²) < 4.78 is 14.8. The molecule has 0 saturated heterocycles. The smallest absolute Gasteiger partial charge is 0.164 e. The molecule has 3 atom stereocenters. The molecule has 1 saturated carbocycles. The van der Waals surface area contributed by atoms with Gasteiger partial charge in [0, 0.05) is 18.4 Å². The Kier molecular flexibility index (Phi) is 3.23. The molecular weight excluding hydrogens is 263 g/mol. The van der Waals surface area contributed by atoms with Gasteiger partial charge in [-0.05, 0) is 12.5 Å². The van der Waals surface area contributed by atoms with Gasteiger partial charge in [-0.25, -0.2) is 19.3 Å². The third-order valence-corrected chi connectivity index (χ3v) is 4.07. The number of aliphatic hydroxyl groups is 2. The summed E-state index contributed by atoms with van der Waals surface area (Å²) in [5.74, 6) is -0.593. The maximum atomic E-state index is 13.1. The number of halogens is 1. The Labute approximate surface area is 114 Å². The summed E-state index contributed by atoms with van der Waals surface area (Å²) in [5.41, 5.74) is 2.48. The highest BCUT2D eigenvalue weighted by molar-refractivity contribution is 5.73. The molecule has 2 aromatic rings. The average Bonchev–Trinajstić information content (AvgIpc) is 2.84. The molecule has 1 aliphatic carbocycles. The number of aryl methyl sites for hydroxylation is 1. The highest BCUT2D eigenvalue weighted by Gasteiger charge is 2.47. The topological polar surface area (TPSA) is 84.1 Å². The van der Waals surface area contributed by atoms with Crippen molar-refractivity contribution in [2.45, 2.75) is 13.0 Å². The molecule has 0 radical (unpaired) electrons. The molecule has 2 N–H and O–H groups in total. The van der Waals surface area contributed by atoms with Gasteiger partial charge in [0.25, 0.3) is 0 Å². The molecule has 0 aliphatic heterocycles. The third-order valence-electron chi connectivity index (χ3n) is 4.07. The van der Waals surface area contributed by atoms with Gasteiger partial charge in [0.1, 0.15) is 11.8 Å². The summed E-state index contributed by atoms with van der Waals surface area (Å²) in [7, 11) is 0. The van der Waals surface area contributed by atoms with Gasteiger partial charge in [-0.1, -0.05) is 0 Å². The minimum Gasteiger partial charge on any atom is -0.396 e. The van der Waals surface area contributed by atoms with Crippen molar-refractivity contribution in [2.75, 3.05) is 13.2 Å². The largest absolute Gasteiger partial charge is 0.396 e. The summed E-state index contributed by atoms with van der Waals surface area (Å²) in [5, 5.41) is 18.8. The van der Waals surface area contributed by atoms with Crippen molar-refractivity contribution in [1.29, 1.82) is 0 Å². The molecule has 3 rings (SSSR count). The number of aliphatic hydroxyl groups excluding tert-OH is 2. The normalized spacial score (nSPS) is 28.0. The molecule has 0 spiro atoms. The first-order chi connectivity index (χ1) is 9.72. The quantitative estimate of drug-likeness (QED) is 0.866. The number of hydrogen-bond acceptors (Lipinski definition) is 5. The van der Waals surface area contributed by atoms with Gasteiger partial charge < -0.3 is 14.8 Å². The van der Waals surface area contributed by atoms with Crippen molar-refractivity contribution in [3.63, 3.8) is 0 Å². The molecule has 0 bridgehead atoms. The van der Waals surface area contributed by atoms with Crippen LogP contribution in [-0.2, 0) is 0 Å². The van der Waals surface area contributed by atoms with Crippen LogP contribution in [0, 0.1) is 18.8 Å². The second-order valence-corrected chi connectivity index (χ2v) is 4.97. The summed E-state index contributed by atoms with van der Waals surface area (Å²) >= 11 is 0. The minimum absolute atomic E-state index is 0.128. The molecular formula is C13H15FN4O2. The minimum atomic E-state index is -0.360. The summed E-state index contributed by atoms with van der Waals surface area (Å²) in [6.45, 7) is 1.52. The Hall–Kier alpha value is -1.86. The first-order valence-corrected chi connectivity index (χ1v) is 6.39. The molecule has 106 valence electrons. The van der Waals surface area contributed by atoms with Gasteiger partial charge in [-0.3, -0.25) is 0 Å². The van der Waals surface area contributed by atoms with Gasteiger partial charge in [-0.2, -0.15) is 0 Å². The zero-order valence-electron chi connectivity index (χ0n) is 10.9. The van der Waals surface area contributed by atoms with Gasteiger partial charge in [0.15, 0.2) is 5.65 Å². The first kappa shape index (κ1) is 13.1. The number of fused-ring (bicyclic) bond motifs is 1. The maximum absolute atomic E-state index is 13.1. The van der Waals surface area contributed by atoms with E-state index in [-0.39, 0.29) is 31.1 Å². The van der Waals surface area contributed by atoms with Crippen LogP contribution in [0.2, 0.25) is 0 Å². The van der Waals surface area contributed by atoms with Gasteiger partial charge in [-0.15, -0.1) is 0 Å². The van der Waals surface area contributed by atoms with E-state index < -0.39 is 0 Å². The lowest BCUT2D eigenvalue weighted by Gasteiger charge is -2.45. The standard InChI is InChI=1S/C13H15FN4O2/c1-7-11-13(16-5-15-7)18(6-17-11)12-8(2-14)9(3-19)10(12)4-20/h2,5-6,9-10,12,19-20H,3-4H2,1H3/b8-2-/t9-,10+,12+/m0/s1. The summed E-state index contributed by atoms with van der Waals surface area (Å²) in [6, 6.07) is -0.360. The molecule has 0 amide bonds. The second kappa shape index (κ2) is 4.92. The van der Waals surface area contributed by atoms with Crippen LogP contribution in [0.25, 0.3) is 11.2 Å². The molecule has 1 fully saturated rings. The highest BCUT2D eigenvalue weighted by atomic mass is 19.1. The molecule has 0 unspecified atom stereocenters. The molecule has 0 aromatic carbocycles. The molecule has 7 heteroatoms. The Balaban J connectivity index is 2.09. The van der Waals surface area contributed by atoms with Crippen molar-refractivity contribution < 1.29 is 14.6 Å². The van der Waals surface area contributed by atoms with E-state index in [0.717, 1.165) is 5.69 Å². The zero-order chi connectivity index (χ0) is 14.3. The molecule has 2 aromatic heterocycles. The SMILES string of the molecule is Cc1ncnc2c1ncn2[C@@H]1/C(=C\F)[C@H](CO)[C@H]1CO. The maximum Gasteiger partial charge on any atom is 0.164 e. The van der Waals surface area contributed by atoms with Crippen LogP contribution in [0.1, 0.15) is 11.7 Å².